The Morgan fingerprint density at radius 1 is 0.900 bits per heavy atom. The first kappa shape index (κ1) is 21.6. The van der Waals surface area contributed by atoms with E-state index in [1.165, 1.54) is 13.1 Å². The molecule has 30 heavy (non-hydrogen) atoms. The van der Waals surface area contributed by atoms with Gasteiger partial charge in [0.25, 0.3) is 10.0 Å². The van der Waals surface area contributed by atoms with Gasteiger partial charge in [0.15, 0.2) is 11.6 Å². The summed E-state index contributed by atoms with van der Waals surface area (Å²) in [4.78, 5) is 3.03. The van der Waals surface area contributed by atoms with Crippen LogP contribution in [-0.2, 0) is 10.0 Å². The second-order valence-corrected chi connectivity index (χ2v) is 8.13. The molecule has 0 unspecified atom stereocenters. The maximum absolute atomic E-state index is 14.4. The van der Waals surface area contributed by atoms with Gasteiger partial charge in [-0.05, 0) is 42.8 Å². The highest BCUT2D eigenvalue weighted by Crippen LogP contribution is 2.28. The molecule has 0 aliphatic heterocycles. The molecule has 1 heterocycles. The summed E-state index contributed by atoms with van der Waals surface area (Å²) in [7, 11) is -4.55. The van der Waals surface area contributed by atoms with Gasteiger partial charge in [0.2, 0.25) is 0 Å². The molecular weight excluding hydrogens is 444 g/mol. The molecule has 3 aromatic rings. The molecule has 0 amide bonds. The van der Waals surface area contributed by atoms with Gasteiger partial charge in [0, 0.05) is 22.3 Å². The van der Waals surface area contributed by atoms with Crippen LogP contribution in [0.2, 0.25) is 5.02 Å². The van der Waals surface area contributed by atoms with Crippen LogP contribution in [0.25, 0.3) is 0 Å². The van der Waals surface area contributed by atoms with Gasteiger partial charge in [-0.15, -0.1) is 0 Å². The van der Waals surface area contributed by atoms with Crippen molar-refractivity contribution in [1.82, 2.24) is 4.98 Å². The summed E-state index contributed by atoms with van der Waals surface area (Å²) in [6.45, 7) is 1.32. The van der Waals surface area contributed by atoms with Crippen molar-refractivity contribution in [2.24, 2.45) is 0 Å². The molecule has 154 valence electrons. The second kappa shape index (κ2) is 8.34. The Kier molecular flexibility index (Phi) is 6.01. The summed E-state index contributed by atoms with van der Waals surface area (Å²) < 4.78 is 82.3. The highest BCUT2D eigenvalue weighted by atomic mass is 35.5. The molecule has 1 N–H and O–H groups in total. The van der Waals surface area contributed by atoms with Crippen LogP contribution in [-0.4, -0.2) is 13.4 Å². The summed E-state index contributed by atoms with van der Waals surface area (Å²) in [6, 6.07) is 4.28. The van der Waals surface area contributed by atoms with Gasteiger partial charge in [0.1, 0.15) is 17.3 Å². The maximum Gasteiger partial charge on any atom is 0.262 e. The van der Waals surface area contributed by atoms with Crippen LogP contribution in [0, 0.1) is 42.0 Å². The number of halogens is 5. The lowest BCUT2D eigenvalue weighted by atomic mass is 10.1. The quantitative estimate of drug-likeness (QED) is 0.457. The van der Waals surface area contributed by atoms with Crippen LogP contribution in [0.4, 0.5) is 23.2 Å². The van der Waals surface area contributed by atoms with Crippen LogP contribution >= 0.6 is 11.6 Å². The van der Waals surface area contributed by atoms with E-state index in [1.807, 2.05) is 0 Å². The van der Waals surface area contributed by atoms with Gasteiger partial charge >= 0.3 is 0 Å². The SMILES string of the molecule is Cc1c(Cl)cc(F)cc1S(=O)(=O)Nc1c(F)cc(C#Cc2cncc(F)c2)cc1F. The molecule has 0 saturated carbocycles. The van der Waals surface area contributed by atoms with Crippen LogP contribution in [0.5, 0.6) is 0 Å². The van der Waals surface area contributed by atoms with E-state index in [0.29, 0.717) is 6.07 Å². The third-order valence-corrected chi connectivity index (χ3v) is 5.75. The number of anilines is 1. The van der Waals surface area contributed by atoms with Gasteiger partial charge in [-0.2, -0.15) is 0 Å². The van der Waals surface area contributed by atoms with Crippen molar-refractivity contribution in [3.63, 3.8) is 0 Å². The minimum Gasteiger partial charge on any atom is -0.274 e. The van der Waals surface area contributed by atoms with Crippen molar-refractivity contribution in [3.8, 4) is 11.8 Å². The predicted octanol–water partition coefficient (Wildman–Crippen LogP) is 4.80. The first-order valence-corrected chi connectivity index (χ1v) is 10.0. The summed E-state index contributed by atoms with van der Waals surface area (Å²) in [5.74, 6) is 0.870. The largest absolute Gasteiger partial charge is 0.274 e. The molecular formula is C20H11ClF4N2O2S. The first-order valence-electron chi connectivity index (χ1n) is 8.17. The maximum atomic E-state index is 14.4. The molecule has 0 radical (unpaired) electrons. The molecule has 4 nitrogen and oxygen atoms in total. The van der Waals surface area contributed by atoms with Gasteiger partial charge in [-0.3, -0.25) is 9.71 Å². The molecule has 0 aliphatic carbocycles. The van der Waals surface area contributed by atoms with E-state index in [2.05, 4.69) is 16.8 Å². The molecule has 0 fully saturated rings. The number of nitrogens with zero attached hydrogens (tertiary/aromatic N) is 1. The predicted molar refractivity (Wildman–Crippen MR) is 103 cm³/mol. The van der Waals surface area contributed by atoms with E-state index >= 15 is 0 Å². The zero-order chi connectivity index (χ0) is 22.1. The van der Waals surface area contributed by atoms with E-state index in [9.17, 15) is 26.0 Å². The third-order valence-electron chi connectivity index (χ3n) is 3.89. The number of pyridine rings is 1. The summed E-state index contributed by atoms with van der Waals surface area (Å²) >= 11 is 5.78. The average Bonchev–Trinajstić information content (AvgIpc) is 2.66. The average molecular weight is 455 g/mol. The summed E-state index contributed by atoms with van der Waals surface area (Å²) in [6.07, 6.45) is 2.23. The van der Waals surface area contributed by atoms with Crippen LogP contribution in [0.3, 0.4) is 0 Å². The van der Waals surface area contributed by atoms with Crippen LogP contribution in [0.1, 0.15) is 16.7 Å². The number of hydrogen-bond donors (Lipinski definition) is 1. The number of aromatic nitrogens is 1. The van der Waals surface area contributed by atoms with Crippen molar-refractivity contribution in [3.05, 3.63) is 87.7 Å². The molecule has 0 bridgehead atoms. The number of benzene rings is 2. The Labute approximate surface area is 174 Å². The van der Waals surface area contributed by atoms with Crippen molar-refractivity contribution in [1.29, 1.82) is 0 Å². The number of rotatable bonds is 3. The van der Waals surface area contributed by atoms with E-state index in [0.717, 1.165) is 30.5 Å². The monoisotopic (exact) mass is 454 g/mol. The minimum absolute atomic E-state index is 0.0116. The van der Waals surface area contributed by atoms with Gasteiger partial charge in [-0.1, -0.05) is 23.4 Å². The zero-order valence-corrected chi connectivity index (χ0v) is 16.7. The van der Waals surface area contributed by atoms with Crippen molar-refractivity contribution in [2.75, 3.05) is 4.72 Å². The fourth-order valence-corrected chi connectivity index (χ4v) is 4.07. The lowest BCUT2D eigenvalue weighted by Crippen LogP contribution is -2.17. The Morgan fingerprint density at radius 3 is 2.17 bits per heavy atom. The normalized spacial score (nSPS) is 11.0. The standard InChI is InChI=1S/C20H11ClF4N2O2S/c1-11-16(21)7-14(22)8-19(11)30(28,29)27-20-17(24)5-12(6-18(20)25)2-3-13-4-15(23)10-26-9-13/h4-10,27H,1H3. The van der Waals surface area contributed by atoms with Crippen molar-refractivity contribution < 1.29 is 26.0 Å². The van der Waals surface area contributed by atoms with Crippen LogP contribution in [0.15, 0.2) is 47.6 Å². The topological polar surface area (TPSA) is 59.1 Å². The summed E-state index contributed by atoms with van der Waals surface area (Å²) in [5, 5.41) is -0.159. The second-order valence-electron chi connectivity index (χ2n) is 6.07. The molecule has 0 aliphatic rings. The number of hydrogen-bond acceptors (Lipinski definition) is 3. The Bertz CT molecular complexity index is 1300. The third kappa shape index (κ3) is 4.72. The lowest BCUT2D eigenvalue weighted by molar-refractivity contribution is 0.580. The molecule has 0 spiro atoms. The van der Waals surface area contributed by atoms with E-state index < -0.39 is 43.9 Å². The molecule has 1 aromatic heterocycles. The molecule has 3 rings (SSSR count). The van der Waals surface area contributed by atoms with Crippen LogP contribution < -0.4 is 4.72 Å². The van der Waals surface area contributed by atoms with Gasteiger partial charge in [0.05, 0.1) is 11.1 Å². The smallest absolute Gasteiger partial charge is 0.262 e. The molecule has 10 heteroatoms. The van der Waals surface area contributed by atoms with Crippen molar-refractivity contribution >= 4 is 27.3 Å². The molecule has 0 saturated heterocycles. The van der Waals surface area contributed by atoms with Gasteiger partial charge < -0.3 is 0 Å². The minimum atomic E-state index is -4.55. The first-order chi connectivity index (χ1) is 14.1. The Balaban J connectivity index is 1.95. The lowest BCUT2D eigenvalue weighted by Gasteiger charge is -2.13. The van der Waals surface area contributed by atoms with Gasteiger partial charge in [-0.25, -0.2) is 26.0 Å². The Morgan fingerprint density at radius 2 is 1.53 bits per heavy atom. The number of sulfonamides is 1. The highest BCUT2D eigenvalue weighted by molar-refractivity contribution is 7.92. The van der Waals surface area contributed by atoms with E-state index in [1.54, 1.807) is 4.72 Å². The summed E-state index contributed by atoms with van der Waals surface area (Å²) in [5.41, 5.74) is -0.897. The molecule has 0 atom stereocenters. The fraction of sp³-hybridized carbons (Fsp3) is 0.0500. The fourth-order valence-electron chi connectivity index (χ4n) is 2.46. The van der Waals surface area contributed by atoms with E-state index in [-0.39, 0.29) is 21.7 Å². The van der Waals surface area contributed by atoms with E-state index in [4.69, 9.17) is 11.6 Å². The number of nitrogens with one attached hydrogen (secondary N) is 1. The zero-order valence-electron chi connectivity index (χ0n) is 15.1. The Hall–Kier alpha value is -3.09. The molecule has 2 aromatic carbocycles. The van der Waals surface area contributed by atoms with Crippen molar-refractivity contribution in [2.45, 2.75) is 11.8 Å². The highest BCUT2D eigenvalue weighted by Gasteiger charge is 2.23.